The zero-order chi connectivity index (χ0) is 18.8. The summed E-state index contributed by atoms with van der Waals surface area (Å²) in [4.78, 5) is 32.5. The fourth-order valence-electron chi connectivity index (χ4n) is 4.28. The maximum absolute atomic E-state index is 13.3. The monoisotopic (exact) mass is 369 g/mol. The third-order valence-electron chi connectivity index (χ3n) is 5.94. The molecule has 1 aromatic carbocycles. The van der Waals surface area contributed by atoms with Crippen LogP contribution in [0, 0.1) is 26.2 Å². The van der Waals surface area contributed by atoms with Crippen LogP contribution >= 0.6 is 11.3 Å². The molecular weight excluding hydrogens is 346 g/mol. The Balaban J connectivity index is 1.72. The average Bonchev–Trinajstić information content (AvgIpc) is 3.01. The van der Waals surface area contributed by atoms with Gasteiger partial charge in [-0.2, -0.15) is 0 Å². The summed E-state index contributed by atoms with van der Waals surface area (Å²) in [6, 6.07) is 6.16. The first-order valence-corrected chi connectivity index (χ1v) is 9.74. The van der Waals surface area contributed by atoms with Gasteiger partial charge in [0.15, 0.2) is 0 Å². The smallest absolute Gasteiger partial charge is 0.274 e. The lowest BCUT2D eigenvalue weighted by Gasteiger charge is -2.24. The van der Waals surface area contributed by atoms with Crippen molar-refractivity contribution in [2.75, 3.05) is 0 Å². The Morgan fingerprint density at radius 2 is 1.96 bits per heavy atom. The number of rotatable bonds is 3. The first-order valence-electron chi connectivity index (χ1n) is 8.92. The number of aromatic nitrogens is 1. The summed E-state index contributed by atoms with van der Waals surface area (Å²) in [6.45, 7) is 8.06. The van der Waals surface area contributed by atoms with Gasteiger partial charge in [0.1, 0.15) is 5.69 Å². The quantitative estimate of drug-likeness (QED) is 0.902. The molecular formula is C20H23N3O2S. The van der Waals surface area contributed by atoms with Crippen molar-refractivity contribution >= 4 is 23.2 Å². The number of thiazole rings is 1. The molecule has 5 nitrogen and oxygen atoms in total. The number of aryl methyl sites for hydroxylation is 3. The molecule has 2 aromatic rings. The lowest BCUT2D eigenvalue weighted by molar-refractivity contribution is -0.123. The summed E-state index contributed by atoms with van der Waals surface area (Å²) in [6.07, 6.45) is 1.33. The van der Waals surface area contributed by atoms with E-state index in [0.717, 1.165) is 15.4 Å². The lowest BCUT2D eigenvalue weighted by Crippen LogP contribution is -2.37. The Hall–Kier alpha value is -2.21. The van der Waals surface area contributed by atoms with Crippen LogP contribution in [0.2, 0.25) is 0 Å². The third kappa shape index (κ3) is 2.39. The van der Waals surface area contributed by atoms with Crippen molar-refractivity contribution in [3.8, 4) is 10.4 Å². The number of hydrogen-bond acceptors (Lipinski definition) is 4. The second-order valence-corrected chi connectivity index (χ2v) is 8.92. The maximum atomic E-state index is 13.3. The first-order chi connectivity index (χ1) is 12.2. The molecule has 0 bridgehead atoms. The number of nitrogens with zero attached hydrogens (tertiary/aromatic N) is 2. The standard InChI is InChI=1S/C20H23N3O2S/c1-10-5-6-14(7-11(10)2)17-16(22-13(4)26-17)18(24)23-12(3)8-20(19(21)25)9-15(20)23/h5-7,12,15H,8-9H2,1-4H3,(H2,21,25)/t12-,15-,20+/m0/s1. The Morgan fingerprint density at radius 1 is 1.23 bits per heavy atom. The molecule has 2 amide bonds. The van der Waals surface area contributed by atoms with Gasteiger partial charge in [0, 0.05) is 12.1 Å². The molecule has 136 valence electrons. The fourth-order valence-corrected chi connectivity index (χ4v) is 5.19. The topological polar surface area (TPSA) is 76.3 Å². The first kappa shape index (κ1) is 17.2. The van der Waals surface area contributed by atoms with E-state index >= 15 is 0 Å². The van der Waals surface area contributed by atoms with Crippen LogP contribution in [0.5, 0.6) is 0 Å². The van der Waals surface area contributed by atoms with E-state index in [1.807, 2.05) is 24.8 Å². The van der Waals surface area contributed by atoms with Crippen molar-refractivity contribution in [1.82, 2.24) is 9.88 Å². The van der Waals surface area contributed by atoms with E-state index in [-0.39, 0.29) is 23.9 Å². The summed E-state index contributed by atoms with van der Waals surface area (Å²) in [5.41, 5.74) is 9.02. The molecule has 26 heavy (non-hydrogen) atoms. The van der Waals surface area contributed by atoms with Crippen LogP contribution in [0.3, 0.4) is 0 Å². The van der Waals surface area contributed by atoms with Crippen LogP contribution in [0.1, 0.15) is 46.4 Å². The van der Waals surface area contributed by atoms with Gasteiger partial charge in [-0.25, -0.2) is 4.98 Å². The van der Waals surface area contributed by atoms with Crippen LogP contribution in [-0.2, 0) is 4.79 Å². The van der Waals surface area contributed by atoms with Gasteiger partial charge in [0.25, 0.3) is 5.91 Å². The highest BCUT2D eigenvalue weighted by Gasteiger charge is 2.68. The van der Waals surface area contributed by atoms with Crippen molar-refractivity contribution in [2.24, 2.45) is 11.1 Å². The maximum Gasteiger partial charge on any atom is 0.274 e. The number of carbonyl (C=O) groups is 2. The predicted octanol–water partition coefficient (Wildman–Crippen LogP) is 3.21. The summed E-state index contributed by atoms with van der Waals surface area (Å²) in [5, 5.41) is 0.866. The second kappa shape index (κ2) is 5.64. The van der Waals surface area contributed by atoms with Gasteiger partial charge < -0.3 is 10.6 Å². The molecule has 2 heterocycles. The third-order valence-corrected chi connectivity index (χ3v) is 6.96. The highest BCUT2D eigenvalue weighted by Crippen LogP contribution is 2.59. The zero-order valence-electron chi connectivity index (χ0n) is 15.5. The molecule has 1 saturated carbocycles. The van der Waals surface area contributed by atoms with Crippen LogP contribution < -0.4 is 5.73 Å². The molecule has 0 spiro atoms. The number of piperidine rings is 1. The van der Waals surface area contributed by atoms with Crippen molar-refractivity contribution in [3.63, 3.8) is 0 Å². The fraction of sp³-hybridized carbons (Fsp3) is 0.450. The minimum absolute atomic E-state index is 0.00311. The molecule has 1 aliphatic heterocycles. The van der Waals surface area contributed by atoms with Gasteiger partial charge in [0.05, 0.1) is 15.3 Å². The molecule has 6 heteroatoms. The number of primary amides is 1. The van der Waals surface area contributed by atoms with E-state index in [0.29, 0.717) is 18.5 Å². The minimum atomic E-state index is -0.513. The van der Waals surface area contributed by atoms with Crippen molar-refractivity contribution in [2.45, 2.75) is 52.6 Å². The molecule has 1 aromatic heterocycles. The van der Waals surface area contributed by atoms with Crippen LogP contribution in [0.15, 0.2) is 18.2 Å². The summed E-state index contributed by atoms with van der Waals surface area (Å²) < 4.78 is 0. The van der Waals surface area contributed by atoms with Gasteiger partial charge in [-0.15, -0.1) is 11.3 Å². The molecule has 1 saturated heterocycles. The molecule has 0 unspecified atom stereocenters. The number of amides is 2. The number of likely N-dealkylation sites (tertiary alicyclic amines) is 1. The van der Waals surface area contributed by atoms with Gasteiger partial charge in [-0.05, 0) is 57.2 Å². The Bertz CT molecular complexity index is 935. The molecule has 2 aliphatic rings. The summed E-state index contributed by atoms with van der Waals surface area (Å²) >= 11 is 1.54. The van der Waals surface area contributed by atoms with Crippen molar-refractivity contribution in [3.05, 3.63) is 40.0 Å². The van der Waals surface area contributed by atoms with Crippen LogP contribution in [0.25, 0.3) is 10.4 Å². The normalized spacial score (nSPS) is 26.7. The Labute approximate surface area is 157 Å². The van der Waals surface area contributed by atoms with Gasteiger partial charge in [-0.1, -0.05) is 18.2 Å². The average molecular weight is 369 g/mol. The highest BCUT2D eigenvalue weighted by molar-refractivity contribution is 7.15. The van der Waals surface area contributed by atoms with E-state index in [9.17, 15) is 9.59 Å². The van der Waals surface area contributed by atoms with E-state index in [1.54, 1.807) is 11.3 Å². The summed E-state index contributed by atoms with van der Waals surface area (Å²) in [5.74, 6) is -0.366. The SMILES string of the molecule is Cc1nc(C(=O)N2[C@H]3C[C@]3(C(N)=O)C[C@@H]2C)c(-c2ccc(C)c(C)c2)s1. The van der Waals surface area contributed by atoms with Crippen molar-refractivity contribution < 1.29 is 9.59 Å². The predicted molar refractivity (Wildman–Crippen MR) is 102 cm³/mol. The zero-order valence-corrected chi connectivity index (χ0v) is 16.3. The van der Waals surface area contributed by atoms with Crippen molar-refractivity contribution in [1.29, 1.82) is 0 Å². The number of benzene rings is 1. The lowest BCUT2D eigenvalue weighted by atomic mass is 10.00. The van der Waals surface area contributed by atoms with Gasteiger partial charge in [0.2, 0.25) is 5.91 Å². The molecule has 1 aliphatic carbocycles. The van der Waals surface area contributed by atoms with Crippen LogP contribution in [-0.4, -0.2) is 33.8 Å². The molecule has 4 rings (SSSR count). The van der Waals surface area contributed by atoms with Gasteiger partial charge >= 0.3 is 0 Å². The molecule has 0 radical (unpaired) electrons. The summed E-state index contributed by atoms with van der Waals surface area (Å²) in [7, 11) is 0. The second-order valence-electron chi connectivity index (χ2n) is 7.72. The molecule has 3 atom stereocenters. The highest BCUT2D eigenvalue weighted by atomic mass is 32.1. The van der Waals surface area contributed by atoms with E-state index < -0.39 is 5.41 Å². The Morgan fingerprint density at radius 3 is 2.58 bits per heavy atom. The number of fused-ring (bicyclic) bond motifs is 1. The Kier molecular flexibility index (Phi) is 3.74. The molecule has 2 N–H and O–H groups in total. The number of nitrogens with two attached hydrogens (primary N) is 1. The van der Waals surface area contributed by atoms with Gasteiger partial charge in [-0.3, -0.25) is 9.59 Å². The van der Waals surface area contributed by atoms with E-state index in [4.69, 9.17) is 5.73 Å². The number of carbonyl (C=O) groups excluding carboxylic acids is 2. The number of hydrogen-bond donors (Lipinski definition) is 1. The molecule has 2 fully saturated rings. The van der Waals surface area contributed by atoms with Crippen LogP contribution in [0.4, 0.5) is 0 Å². The largest absolute Gasteiger partial charge is 0.369 e. The van der Waals surface area contributed by atoms with E-state index in [2.05, 4.69) is 31.0 Å². The van der Waals surface area contributed by atoms with E-state index in [1.165, 1.54) is 11.1 Å². The minimum Gasteiger partial charge on any atom is -0.369 e.